The molecule has 0 atom stereocenters. The van der Waals surface area contributed by atoms with Crippen molar-refractivity contribution in [2.45, 2.75) is 6.54 Å². The number of hydrogen-bond acceptors (Lipinski definition) is 3. The normalized spacial score (nSPS) is 10.2. The molecule has 0 bridgehead atoms. The van der Waals surface area contributed by atoms with Gasteiger partial charge in [0.2, 0.25) is 0 Å². The van der Waals surface area contributed by atoms with E-state index in [4.69, 9.17) is 28.3 Å². The highest BCUT2D eigenvalue weighted by molar-refractivity contribution is 6.35. The molecule has 0 radical (unpaired) electrons. The van der Waals surface area contributed by atoms with Gasteiger partial charge in [0.05, 0.1) is 29.1 Å². The highest BCUT2D eigenvalue weighted by atomic mass is 35.5. The monoisotopic (exact) mass is 268 g/mol. The molecule has 2 rings (SSSR count). The summed E-state index contributed by atoms with van der Waals surface area (Å²) in [5.41, 5.74) is 1.56. The zero-order valence-electron chi connectivity index (χ0n) is 8.82. The summed E-state index contributed by atoms with van der Waals surface area (Å²) in [6.07, 6.45) is 1.40. The van der Waals surface area contributed by atoms with Gasteiger partial charge in [-0.3, -0.25) is 4.98 Å². The fourth-order valence-electron chi connectivity index (χ4n) is 1.34. The molecule has 1 heterocycles. The lowest BCUT2D eigenvalue weighted by Crippen LogP contribution is -2.01. The third-order valence-corrected chi connectivity index (χ3v) is 2.76. The predicted octanol–water partition coefficient (Wildman–Crippen LogP) is 3.71. The van der Waals surface area contributed by atoms with Crippen LogP contribution in [0.2, 0.25) is 10.0 Å². The van der Waals surface area contributed by atoms with E-state index in [9.17, 15) is 0 Å². The molecular weight excluding hydrogens is 259 g/mol. The van der Waals surface area contributed by atoms with E-state index in [-0.39, 0.29) is 5.75 Å². The van der Waals surface area contributed by atoms with E-state index in [2.05, 4.69) is 10.3 Å². The minimum Gasteiger partial charge on any atom is -0.506 e. The molecule has 0 aliphatic rings. The maximum atomic E-state index is 9.10. The summed E-state index contributed by atoms with van der Waals surface area (Å²) in [6.45, 7) is 0.514. The topological polar surface area (TPSA) is 45.1 Å². The van der Waals surface area contributed by atoms with Crippen molar-refractivity contribution < 1.29 is 5.11 Å². The maximum Gasteiger partial charge on any atom is 0.133 e. The van der Waals surface area contributed by atoms with Gasteiger partial charge < -0.3 is 10.4 Å². The van der Waals surface area contributed by atoms with Crippen molar-refractivity contribution in [3.8, 4) is 5.75 Å². The fourth-order valence-corrected chi connectivity index (χ4v) is 1.70. The van der Waals surface area contributed by atoms with Gasteiger partial charge in [-0.25, -0.2) is 0 Å². The van der Waals surface area contributed by atoms with E-state index < -0.39 is 0 Å². The average molecular weight is 269 g/mol. The summed E-state index contributed by atoms with van der Waals surface area (Å²) in [6, 6.07) is 8.54. The summed E-state index contributed by atoms with van der Waals surface area (Å²) in [7, 11) is 0. The Bertz CT molecular complexity index is 514. The Hall–Kier alpha value is -1.45. The van der Waals surface area contributed by atoms with Gasteiger partial charge in [0, 0.05) is 5.02 Å². The number of aromatic hydroxyl groups is 1. The number of pyridine rings is 1. The molecule has 0 unspecified atom stereocenters. The molecule has 2 N–H and O–H groups in total. The summed E-state index contributed by atoms with van der Waals surface area (Å²) in [4.78, 5) is 4.06. The number of hydrogen-bond donors (Lipinski definition) is 2. The van der Waals surface area contributed by atoms with Gasteiger partial charge in [-0.15, -0.1) is 0 Å². The van der Waals surface area contributed by atoms with Gasteiger partial charge in [-0.1, -0.05) is 23.2 Å². The quantitative estimate of drug-likeness (QED) is 0.892. The Balaban J connectivity index is 2.07. The standard InChI is InChI=1S/C12H10Cl2N2O/c13-8-1-4-11(14)12(5-8)16-6-9-2-3-10(17)7-15-9/h1-5,7,16-17H,6H2. The van der Waals surface area contributed by atoms with Crippen LogP contribution in [0.25, 0.3) is 0 Å². The van der Waals surface area contributed by atoms with Crippen molar-refractivity contribution >= 4 is 28.9 Å². The Kier molecular flexibility index (Phi) is 3.71. The second-order valence-corrected chi connectivity index (χ2v) is 4.33. The molecule has 0 amide bonds. The molecule has 0 spiro atoms. The zero-order chi connectivity index (χ0) is 12.3. The van der Waals surface area contributed by atoms with Gasteiger partial charge in [-0.05, 0) is 30.3 Å². The van der Waals surface area contributed by atoms with Crippen LogP contribution >= 0.6 is 23.2 Å². The van der Waals surface area contributed by atoms with Crippen LogP contribution in [0.3, 0.4) is 0 Å². The lowest BCUT2D eigenvalue weighted by Gasteiger charge is -2.08. The van der Waals surface area contributed by atoms with Crippen molar-refractivity contribution in [1.82, 2.24) is 4.98 Å². The Morgan fingerprint density at radius 1 is 1.18 bits per heavy atom. The predicted molar refractivity (Wildman–Crippen MR) is 69.7 cm³/mol. The first-order valence-electron chi connectivity index (χ1n) is 4.98. The van der Waals surface area contributed by atoms with E-state index in [0.717, 1.165) is 11.4 Å². The number of halogens is 2. The van der Waals surface area contributed by atoms with Crippen LogP contribution in [-0.2, 0) is 6.54 Å². The summed E-state index contributed by atoms with van der Waals surface area (Å²) in [5.74, 6) is 0.148. The molecule has 3 nitrogen and oxygen atoms in total. The Morgan fingerprint density at radius 3 is 2.71 bits per heavy atom. The number of nitrogens with one attached hydrogen (secondary N) is 1. The largest absolute Gasteiger partial charge is 0.506 e. The second-order valence-electron chi connectivity index (χ2n) is 3.49. The van der Waals surface area contributed by atoms with Crippen molar-refractivity contribution in [1.29, 1.82) is 0 Å². The lowest BCUT2D eigenvalue weighted by molar-refractivity contribution is 0.472. The molecule has 0 fully saturated rings. The molecule has 1 aromatic carbocycles. The van der Waals surface area contributed by atoms with Crippen LogP contribution in [0, 0.1) is 0 Å². The molecule has 5 heteroatoms. The van der Waals surface area contributed by atoms with Crippen molar-refractivity contribution in [3.63, 3.8) is 0 Å². The van der Waals surface area contributed by atoms with Crippen molar-refractivity contribution in [2.75, 3.05) is 5.32 Å². The van der Waals surface area contributed by atoms with Crippen LogP contribution in [-0.4, -0.2) is 10.1 Å². The fraction of sp³-hybridized carbons (Fsp3) is 0.0833. The first kappa shape index (κ1) is 12.0. The maximum absolute atomic E-state index is 9.10. The highest BCUT2D eigenvalue weighted by Gasteiger charge is 2.01. The zero-order valence-corrected chi connectivity index (χ0v) is 10.3. The molecule has 0 aliphatic heterocycles. The molecule has 88 valence electrons. The van der Waals surface area contributed by atoms with Crippen molar-refractivity contribution in [3.05, 3.63) is 52.3 Å². The first-order valence-corrected chi connectivity index (χ1v) is 5.73. The number of aromatic nitrogens is 1. The molecule has 0 saturated carbocycles. The van der Waals surface area contributed by atoms with E-state index in [1.54, 1.807) is 30.3 Å². The van der Waals surface area contributed by atoms with E-state index in [0.29, 0.717) is 16.6 Å². The van der Waals surface area contributed by atoms with E-state index >= 15 is 0 Å². The lowest BCUT2D eigenvalue weighted by atomic mass is 10.3. The number of benzene rings is 1. The minimum atomic E-state index is 0.148. The molecule has 2 aromatic rings. The summed E-state index contributed by atoms with van der Waals surface area (Å²) in [5, 5.41) is 13.5. The van der Waals surface area contributed by atoms with Gasteiger partial charge in [-0.2, -0.15) is 0 Å². The molecule has 0 aliphatic carbocycles. The average Bonchev–Trinajstić information content (AvgIpc) is 2.32. The number of anilines is 1. The SMILES string of the molecule is Oc1ccc(CNc2cc(Cl)ccc2Cl)nc1. The smallest absolute Gasteiger partial charge is 0.133 e. The second kappa shape index (κ2) is 5.25. The van der Waals surface area contributed by atoms with E-state index in [1.807, 2.05) is 0 Å². The Labute approximate surface area is 109 Å². The first-order chi connectivity index (χ1) is 8.15. The molecule has 0 saturated heterocycles. The number of nitrogens with zero attached hydrogens (tertiary/aromatic N) is 1. The molecule has 17 heavy (non-hydrogen) atoms. The van der Waals surface area contributed by atoms with Gasteiger partial charge in [0.15, 0.2) is 0 Å². The van der Waals surface area contributed by atoms with Gasteiger partial charge >= 0.3 is 0 Å². The minimum absolute atomic E-state index is 0.148. The third-order valence-electron chi connectivity index (χ3n) is 2.20. The molecular formula is C12H10Cl2N2O. The summed E-state index contributed by atoms with van der Waals surface area (Å²) >= 11 is 11.9. The van der Waals surface area contributed by atoms with E-state index in [1.165, 1.54) is 6.20 Å². The van der Waals surface area contributed by atoms with Crippen LogP contribution < -0.4 is 5.32 Å². The third kappa shape index (κ3) is 3.25. The van der Waals surface area contributed by atoms with Crippen LogP contribution in [0.15, 0.2) is 36.5 Å². The van der Waals surface area contributed by atoms with Crippen LogP contribution in [0.4, 0.5) is 5.69 Å². The molecule has 1 aromatic heterocycles. The Morgan fingerprint density at radius 2 is 2.00 bits per heavy atom. The van der Waals surface area contributed by atoms with Crippen LogP contribution in [0.1, 0.15) is 5.69 Å². The highest BCUT2D eigenvalue weighted by Crippen LogP contribution is 2.25. The number of rotatable bonds is 3. The van der Waals surface area contributed by atoms with Gasteiger partial charge in [0.1, 0.15) is 5.75 Å². The summed E-state index contributed by atoms with van der Waals surface area (Å²) < 4.78 is 0. The van der Waals surface area contributed by atoms with Gasteiger partial charge in [0.25, 0.3) is 0 Å². The van der Waals surface area contributed by atoms with Crippen molar-refractivity contribution in [2.24, 2.45) is 0 Å². The van der Waals surface area contributed by atoms with Crippen LogP contribution in [0.5, 0.6) is 5.75 Å².